The molecule has 3 nitrogen and oxygen atoms in total. The van der Waals surface area contributed by atoms with Gasteiger partial charge in [-0.25, -0.2) is 4.79 Å². The van der Waals surface area contributed by atoms with Crippen LogP contribution in [-0.4, -0.2) is 19.3 Å². The van der Waals surface area contributed by atoms with Crippen molar-refractivity contribution >= 4 is 12.2 Å². The molecule has 0 amide bonds. The third-order valence-corrected chi connectivity index (χ3v) is 4.03. The van der Waals surface area contributed by atoms with Crippen molar-refractivity contribution in [3.05, 3.63) is 83.4 Å². The predicted octanol–water partition coefficient (Wildman–Crippen LogP) is 5.40. The molecule has 0 saturated heterocycles. The Morgan fingerprint density at radius 3 is 1.86 bits per heavy atom. The van der Waals surface area contributed by atoms with Crippen LogP contribution < -0.4 is 0 Å². The quantitative estimate of drug-likeness (QED) is 0.284. The number of hydrogen-bond donors (Lipinski definition) is 0. The average Bonchev–Trinajstić information content (AvgIpc) is 2.67. The SMILES string of the molecule is C=CC(/N=C/c1cc(C(F)(F)F)cc(C(F)(F)F)c1)(C(=O)OC)c1ccccc1. The minimum atomic E-state index is -5.00. The second-order valence-corrected chi connectivity index (χ2v) is 5.93. The van der Waals surface area contributed by atoms with Crippen LogP contribution in [0.2, 0.25) is 0 Å². The predicted molar refractivity (Wildman–Crippen MR) is 94.4 cm³/mol. The van der Waals surface area contributed by atoms with E-state index in [1.54, 1.807) is 18.2 Å². The smallest absolute Gasteiger partial charge is 0.416 e. The molecule has 2 aromatic carbocycles. The number of methoxy groups -OCH3 is 1. The molecule has 154 valence electrons. The van der Waals surface area contributed by atoms with E-state index in [1.165, 1.54) is 12.1 Å². The number of nitrogens with zero attached hydrogens (tertiary/aromatic N) is 1. The molecule has 1 atom stereocenters. The van der Waals surface area contributed by atoms with E-state index < -0.39 is 40.6 Å². The Kier molecular flexibility index (Phi) is 6.20. The maximum atomic E-state index is 13.0. The summed E-state index contributed by atoms with van der Waals surface area (Å²) in [4.78, 5) is 16.4. The number of halogens is 6. The van der Waals surface area contributed by atoms with Crippen molar-refractivity contribution in [2.45, 2.75) is 17.9 Å². The second-order valence-electron chi connectivity index (χ2n) is 5.93. The van der Waals surface area contributed by atoms with Crippen LogP contribution in [0.25, 0.3) is 0 Å². The monoisotopic (exact) mass is 415 g/mol. The van der Waals surface area contributed by atoms with E-state index in [2.05, 4.69) is 11.6 Å². The minimum Gasteiger partial charge on any atom is -0.467 e. The Morgan fingerprint density at radius 1 is 0.931 bits per heavy atom. The summed E-state index contributed by atoms with van der Waals surface area (Å²) < 4.78 is 82.9. The van der Waals surface area contributed by atoms with Crippen molar-refractivity contribution in [1.29, 1.82) is 0 Å². The lowest BCUT2D eigenvalue weighted by atomic mass is 9.90. The topological polar surface area (TPSA) is 38.7 Å². The van der Waals surface area contributed by atoms with Crippen LogP contribution in [0.3, 0.4) is 0 Å². The molecule has 0 fully saturated rings. The number of ether oxygens (including phenoxy) is 1. The molecule has 29 heavy (non-hydrogen) atoms. The van der Waals surface area contributed by atoms with Crippen LogP contribution in [0.4, 0.5) is 26.3 Å². The second kappa shape index (κ2) is 8.10. The highest BCUT2D eigenvalue weighted by Crippen LogP contribution is 2.36. The molecular formula is C20H15F6NO2. The molecule has 0 bridgehead atoms. The van der Waals surface area contributed by atoms with Crippen molar-refractivity contribution in [1.82, 2.24) is 0 Å². The highest BCUT2D eigenvalue weighted by Gasteiger charge is 2.39. The summed E-state index contributed by atoms with van der Waals surface area (Å²) in [5.41, 5.74) is -5.03. The summed E-state index contributed by atoms with van der Waals surface area (Å²) in [5.74, 6) is -0.905. The van der Waals surface area contributed by atoms with Crippen LogP contribution >= 0.6 is 0 Å². The molecule has 0 aliphatic carbocycles. The summed E-state index contributed by atoms with van der Waals surface area (Å²) in [6, 6.07) is 8.85. The molecule has 2 aromatic rings. The van der Waals surface area contributed by atoms with Gasteiger partial charge in [0, 0.05) is 6.21 Å². The number of esters is 1. The first-order valence-corrected chi connectivity index (χ1v) is 8.06. The lowest BCUT2D eigenvalue weighted by Crippen LogP contribution is -2.33. The third kappa shape index (κ3) is 4.85. The van der Waals surface area contributed by atoms with E-state index in [1.807, 2.05) is 0 Å². The van der Waals surface area contributed by atoms with Gasteiger partial charge in [-0.3, -0.25) is 4.99 Å². The zero-order valence-electron chi connectivity index (χ0n) is 15.0. The van der Waals surface area contributed by atoms with Crippen molar-refractivity contribution in [2.24, 2.45) is 4.99 Å². The number of carbonyl (C=O) groups excluding carboxylic acids is 1. The van der Waals surface area contributed by atoms with E-state index in [0.717, 1.165) is 19.4 Å². The number of rotatable bonds is 5. The van der Waals surface area contributed by atoms with Gasteiger partial charge in [-0.15, -0.1) is 0 Å². The Balaban J connectivity index is 2.65. The maximum absolute atomic E-state index is 13.0. The van der Waals surface area contributed by atoms with Gasteiger partial charge in [-0.05, 0) is 35.4 Å². The molecule has 0 saturated carbocycles. The maximum Gasteiger partial charge on any atom is 0.416 e. The molecule has 0 aliphatic rings. The fraction of sp³-hybridized carbons (Fsp3) is 0.200. The van der Waals surface area contributed by atoms with Crippen LogP contribution in [0, 0.1) is 0 Å². The van der Waals surface area contributed by atoms with Gasteiger partial charge in [0.1, 0.15) is 0 Å². The number of aliphatic imine (C=N–C) groups is 1. The normalized spacial score (nSPS) is 14.4. The van der Waals surface area contributed by atoms with E-state index in [0.29, 0.717) is 12.1 Å². The Hall–Kier alpha value is -3.10. The molecule has 2 rings (SSSR count). The molecule has 0 N–H and O–H groups in total. The van der Waals surface area contributed by atoms with Crippen LogP contribution in [0.5, 0.6) is 0 Å². The largest absolute Gasteiger partial charge is 0.467 e. The van der Waals surface area contributed by atoms with Gasteiger partial charge in [0.05, 0.1) is 18.2 Å². The fourth-order valence-corrected chi connectivity index (χ4v) is 2.58. The molecule has 0 radical (unpaired) electrons. The van der Waals surface area contributed by atoms with Gasteiger partial charge >= 0.3 is 18.3 Å². The Morgan fingerprint density at radius 2 is 1.45 bits per heavy atom. The van der Waals surface area contributed by atoms with Gasteiger partial charge in [0.15, 0.2) is 0 Å². The average molecular weight is 415 g/mol. The molecule has 0 heterocycles. The van der Waals surface area contributed by atoms with Crippen molar-refractivity contribution < 1.29 is 35.9 Å². The van der Waals surface area contributed by atoms with Crippen molar-refractivity contribution in [2.75, 3.05) is 7.11 Å². The zero-order valence-corrected chi connectivity index (χ0v) is 15.0. The molecule has 0 aromatic heterocycles. The van der Waals surface area contributed by atoms with Gasteiger partial charge in [0.2, 0.25) is 5.54 Å². The summed E-state index contributed by atoms with van der Waals surface area (Å²) in [7, 11) is 1.07. The van der Waals surface area contributed by atoms with E-state index in [-0.39, 0.29) is 11.6 Å². The highest BCUT2D eigenvalue weighted by atomic mass is 19.4. The molecular weight excluding hydrogens is 400 g/mol. The first-order valence-electron chi connectivity index (χ1n) is 8.06. The Labute approximate surface area is 162 Å². The van der Waals surface area contributed by atoms with E-state index in [4.69, 9.17) is 4.74 Å². The number of benzene rings is 2. The third-order valence-electron chi connectivity index (χ3n) is 4.03. The first kappa shape index (κ1) is 22.2. The lowest BCUT2D eigenvalue weighted by molar-refractivity contribution is -0.145. The molecule has 1 unspecified atom stereocenters. The molecule has 0 aliphatic heterocycles. The first-order chi connectivity index (χ1) is 13.4. The summed E-state index contributed by atoms with van der Waals surface area (Å²) >= 11 is 0. The molecule has 0 spiro atoms. The van der Waals surface area contributed by atoms with Gasteiger partial charge in [0.25, 0.3) is 0 Å². The van der Waals surface area contributed by atoms with Gasteiger partial charge in [-0.1, -0.05) is 36.9 Å². The highest BCUT2D eigenvalue weighted by molar-refractivity contribution is 5.90. The van der Waals surface area contributed by atoms with E-state index in [9.17, 15) is 31.1 Å². The number of carbonyl (C=O) groups is 1. The fourth-order valence-electron chi connectivity index (χ4n) is 2.58. The lowest BCUT2D eigenvalue weighted by Gasteiger charge is -2.23. The number of hydrogen-bond acceptors (Lipinski definition) is 3. The Bertz CT molecular complexity index is 887. The van der Waals surface area contributed by atoms with E-state index >= 15 is 0 Å². The molecule has 9 heteroatoms. The zero-order chi connectivity index (χ0) is 21.9. The van der Waals surface area contributed by atoms with Gasteiger partial charge in [-0.2, -0.15) is 26.3 Å². The summed E-state index contributed by atoms with van der Waals surface area (Å²) in [5, 5.41) is 0. The van der Waals surface area contributed by atoms with Crippen LogP contribution in [-0.2, 0) is 27.4 Å². The summed E-state index contributed by atoms with van der Waals surface area (Å²) in [6.07, 6.45) is -8.14. The van der Waals surface area contributed by atoms with Crippen LogP contribution in [0.15, 0.2) is 66.2 Å². The number of alkyl halides is 6. The minimum absolute atomic E-state index is 0.00952. The van der Waals surface area contributed by atoms with Crippen molar-refractivity contribution in [3.63, 3.8) is 0 Å². The summed E-state index contributed by atoms with van der Waals surface area (Å²) in [6.45, 7) is 3.53. The van der Waals surface area contributed by atoms with Crippen molar-refractivity contribution in [3.8, 4) is 0 Å². The van der Waals surface area contributed by atoms with Crippen LogP contribution in [0.1, 0.15) is 22.3 Å². The van der Waals surface area contributed by atoms with Gasteiger partial charge < -0.3 is 4.74 Å². The standard InChI is InChI=1S/C20H15F6NO2/c1-3-18(17(28)29-2,14-7-5-4-6-8-14)27-12-13-9-15(19(21,22)23)11-16(10-13)20(24,25)26/h3-12H,1H2,2H3/b27-12+.